The summed E-state index contributed by atoms with van der Waals surface area (Å²) >= 11 is 0. The van der Waals surface area contributed by atoms with Crippen LogP contribution in [0.2, 0.25) is 0 Å². The smallest absolute Gasteiger partial charge is 0.241 e. The number of aryl methyl sites for hydroxylation is 2. The molecule has 0 radical (unpaired) electrons. The summed E-state index contributed by atoms with van der Waals surface area (Å²) in [6.07, 6.45) is 2.25. The van der Waals surface area contributed by atoms with Crippen LogP contribution in [0.25, 0.3) is 0 Å². The predicted molar refractivity (Wildman–Crippen MR) is 98.7 cm³/mol. The molecule has 1 saturated heterocycles. The number of para-hydroxylation sites is 1. The summed E-state index contributed by atoms with van der Waals surface area (Å²) in [7, 11) is 0. The van der Waals surface area contributed by atoms with E-state index in [1.807, 2.05) is 17.9 Å². The number of carbonyl (C=O) groups excluding carboxylic acids is 1. The second kappa shape index (κ2) is 7.34. The molecule has 3 rings (SSSR count). The number of ether oxygens (including phenoxy) is 1. The van der Waals surface area contributed by atoms with Crippen molar-refractivity contribution in [2.75, 3.05) is 31.6 Å². The lowest BCUT2D eigenvalue weighted by molar-refractivity contribution is -0.209. The molecule has 5 nitrogen and oxygen atoms in total. The van der Waals surface area contributed by atoms with Crippen LogP contribution in [0, 0.1) is 19.3 Å². The van der Waals surface area contributed by atoms with Gasteiger partial charge >= 0.3 is 0 Å². The van der Waals surface area contributed by atoms with E-state index in [0.717, 1.165) is 36.1 Å². The van der Waals surface area contributed by atoms with Gasteiger partial charge in [-0.2, -0.15) is 0 Å². The van der Waals surface area contributed by atoms with Crippen LogP contribution < -0.4 is 5.32 Å². The Morgan fingerprint density at radius 3 is 2.52 bits per heavy atom. The first-order valence-electron chi connectivity index (χ1n) is 9.35. The maximum absolute atomic E-state index is 12.6. The topological polar surface area (TPSA) is 61.8 Å². The van der Waals surface area contributed by atoms with Crippen LogP contribution in [0.3, 0.4) is 0 Å². The molecule has 1 aromatic rings. The second-order valence-electron chi connectivity index (χ2n) is 7.43. The molecule has 2 atom stereocenters. The van der Waals surface area contributed by atoms with Gasteiger partial charge in [-0.15, -0.1) is 0 Å². The molecule has 138 valence electrons. The molecule has 0 aromatic heterocycles. The van der Waals surface area contributed by atoms with E-state index < -0.39 is 0 Å². The summed E-state index contributed by atoms with van der Waals surface area (Å²) in [6.45, 7) is 8.50. The number of nitrogens with one attached hydrogen (secondary N) is 1. The molecule has 2 N–H and O–H groups in total. The first-order chi connectivity index (χ1) is 12.0. The molecular weight excluding hydrogens is 316 g/mol. The zero-order valence-corrected chi connectivity index (χ0v) is 15.5. The Balaban J connectivity index is 1.54. The molecule has 0 unspecified atom stereocenters. The zero-order valence-electron chi connectivity index (χ0n) is 15.5. The number of carbonyl (C=O) groups is 1. The molecule has 1 amide bonds. The molecule has 0 bridgehead atoms. The van der Waals surface area contributed by atoms with Crippen LogP contribution in [0.1, 0.15) is 37.3 Å². The number of amides is 1. The number of benzene rings is 1. The summed E-state index contributed by atoms with van der Waals surface area (Å²) < 4.78 is 5.79. The monoisotopic (exact) mass is 346 g/mol. The third kappa shape index (κ3) is 3.40. The van der Waals surface area contributed by atoms with Crippen molar-refractivity contribution in [3.05, 3.63) is 29.3 Å². The molecule has 1 aliphatic carbocycles. The van der Waals surface area contributed by atoms with Crippen molar-refractivity contribution < 1.29 is 14.6 Å². The fourth-order valence-electron chi connectivity index (χ4n) is 4.36. The molecular formula is C20H30N2O3. The van der Waals surface area contributed by atoms with E-state index in [4.69, 9.17) is 4.74 Å². The lowest BCUT2D eigenvalue weighted by atomic mass is 9.58. The van der Waals surface area contributed by atoms with Crippen LogP contribution >= 0.6 is 0 Å². The van der Waals surface area contributed by atoms with Crippen molar-refractivity contribution in [2.24, 2.45) is 5.41 Å². The van der Waals surface area contributed by atoms with Gasteiger partial charge in [0.1, 0.15) is 0 Å². The normalized spacial score (nSPS) is 24.9. The lowest BCUT2D eigenvalue weighted by Gasteiger charge is -2.56. The largest absolute Gasteiger partial charge is 0.392 e. The SMILES string of the molecule is CCO[C@H]1C[C@@H](O)C12CCN(C(=O)CNc1c(C)cccc1C)CC2. The van der Waals surface area contributed by atoms with Crippen LogP contribution in [-0.4, -0.2) is 54.4 Å². The van der Waals surface area contributed by atoms with E-state index in [-0.39, 0.29) is 23.5 Å². The van der Waals surface area contributed by atoms with E-state index in [1.54, 1.807) is 0 Å². The van der Waals surface area contributed by atoms with E-state index in [1.165, 1.54) is 0 Å². The number of piperidine rings is 1. The highest BCUT2D eigenvalue weighted by atomic mass is 16.5. The molecule has 1 aliphatic heterocycles. The van der Waals surface area contributed by atoms with Gasteiger partial charge in [0.25, 0.3) is 0 Å². The number of aliphatic hydroxyl groups excluding tert-OH is 1. The maximum atomic E-state index is 12.6. The average molecular weight is 346 g/mol. The average Bonchev–Trinajstić information content (AvgIpc) is 2.61. The fraction of sp³-hybridized carbons (Fsp3) is 0.650. The predicted octanol–water partition coefficient (Wildman–Crippen LogP) is 2.49. The fourth-order valence-corrected chi connectivity index (χ4v) is 4.36. The first kappa shape index (κ1) is 18.2. The maximum Gasteiger partial charge on any atom is 0.241 e. The van der Waals surface area contributed by atoms with Crippen LogP contribution in [0.15, 0.2) is 18.2 Å². The lowest BCUT2D eigenvalue weighted by Crippen LogP contribution is -2.63. The van der Waals surface area contributed by atoms with E-state index >= 15 is 0 Å². The van der Waals surface area contributed by atoms with Crippen molar-refractivity contribution >= 4 is 11.6 Å². The summed E-state index contributed by atoms with van der Waals surface area (Å²) in [5.74, 6) is 0.124. The molecule has 1 heterocycles. The minimum Gasteiger partial charge on any atom is -0.392 e. The van der Waals surface area contributed by atoms with Crippen molar-refractivity contribution in [2.45, 2.75) is 52.2 Å². The Morgan fingerprint density at radius 2 is 1.96 bits per heavy atom. The van der Waals surface area contributed by atoms with Gasteiger partial charge in [0.2, 0.25) is 5.91 Å². The zero-order chi connectivity index (χ0) is 18.0. The van der Waals surface area contributed by atoms with Gasteiger partial charge in [-0.25, -0.2) is 0 Å². The number of hydrogen-bond acceptors (Lipinski definition) is 4. The first-order valence-corrected chi connectivity index (χ1v) is 9.35. The van der Waals surface area contributed by atoms with Gasteiger partial charge in [-0.05, 0) is 44.7 Å². The van der Waals surface area contributed by atoms with Crippen molar-refractivity contribution in [1.29, 1.82) is 0 Å². The number of nitrogens with zero attached hydrogens (tertiary/aromatic N) is 1. The van der Waals surface area contributed by atoms with Crippen LogP contribution in [-0.2, 0) is 9.53 Å². The summed E-state index contributed by atoms with van der Waals surface area (Å²) in [6, 6.07) is 6.13. The number of likely N-dealkylation sites (tertiary alicyclic amines) is 1. The van der Waals surface area contributed by atoms with E-state index in [2.05, 4.69) is 31.3 Å². The molecule has 2 fully saturated rings. The molecule has 1 saturated carbocycles. The van der Waals surface area contributed by atoms with E-state index in [9.17, 15) is 9.90 Å². The number of anilines is 1. The van der Waals surface area contributed by atoms with Crippen molar-refractivity contribution in [1.82, 2.24) is 4.90 Å². The standard InChI is InChI=1S/C20H30N2O3/c1-4-25-17-12-16(23)20(17)8-10-22(11-9-20)18(24)13-21-19-14(2)6-5-7-15(19)3/h5-7,16-17,21,23H,4,8-13H2,1-3H3/t16-,17+/m1/s1. The molecule has 1 aromatic carbocycles. The molecule has 25 heavy (non-hydrogen) atoms. The van der Waals surface area contributed by atoms with Crippen molar-refractivity contribution in [3.8, 4) is 0 Å². The van der Waals surface area contributed by atoms with Crippen LogP contribution in [0.4, 0.5) is 5.69 Å². The highest BCUT2D eigenvalue weighted by Gasteiger charge is 2.56. The highest BCUT2D eigenvalue weighted by molar-refractivity contribution is 5.81. The molecule has 1 spiro atoms. The minimum atomic E-state index is -0.283. The highest BCUT2D eigenvalue weighted by Crippen LogP contribution is 2.50. The molecule has 5 heteroatoms. The Hall–Kier alpha value is -1.59. The summed E-state index contributed by atoms with van der Waals surface area (Å²) in [5, 5.41) is 13.6. The Kier molecular flexibility index (Phi) is 5.35. The Labute approximate surface area is 150 Å². The number of rotatable bonds is 5. The Bertz CT molecular complexity index is 601. The van der Waals surface area contributed by atoms with Gasteiger partial charge in [-0.1, -0.05) is 18.2 Å². The third-order valence-corrected chi connectivity index (χ3v) is 6.05. The van der Waals surface area contributed by atoms with Gasteiger partial charge in [-0.3, -0.25) is 4.79 Å². The quantitative estimate of drug-likeness (QED) is 0.860. The second-order valence-corrected chi connectivity index (χ2v) is 7.43. The third-order valence-electron chi connectivity index (χ3n) is 6.05. The van der Waals surface area contributed by atoms with Crippen LogP contribution in [0.5, 0.6) is 0 Å². The van der Waals surface area contributed by atoms with Gasteiger partial charge < -0.3 is 20.1 Å². The molecule has 2 aliphatic rings. The van der Waals surface area contributed by atoms with Gasteiger partial charge in [0, 0.05) is 37.2 Å². The Morgan fingerprint density at radius 1 is 1.32 bits per heavy atom. The van der Waals surface area contributed by atoms with Crippen molar-refractivity contribution in [3.63, 3.8) is 0 Å². The number of aliphatic hydroxyl groups is 1. The number of hydrogen-bond donors (Lipinski definition) is 2. The summed E-state index contributed by atoms with van der Waals surface area (Å²) in [4.78, 5) is 14.5. The van der Waals surface area contributed by atoms with E-state index in [0.29, 0.717) is 26.2 Å². The van der Waals surface area contributed by atoms with Gasteiger partial charge in [0.05, 0.1) is 18.8 Å². The minimum absolute atomic E-state index is 0.124. The van der Waals surface area contributed by atoms with Gasteiger partial charge in [0.15, 0.2) is 0 Å². The summed E-state index contributed by atoms with van der Waals surface area (Å²) in [5.41, 5.74) is 3.23.